The minimum atomic E-state index is 0.627. The molecule has 0 spiro atoms. The molecule has 0 fully saturated rings. The van der Waals surface area contributed by atoms with Crippen LogP contribution in [0.3, 0.4) is 0 Å². The number of aromatic nitrogens is 7. The van der Waals surface area contributed by atoms with Crippen molar-refractivity contribution in [2.24, 2.45) is 0 Å². The lowest BCUT2D eigenvalue weighted by Crippen LogP contribution is -1.97. The van der Waals surface area contributed by atoms with Crippen LogP contribution in [0, 0.1) is 0 Å². The van der Waals surface area contributed by atoms with Crippen LogP contribution in [-0.2, 0) is 0 Å². The van der Waals surface area contributed by atoms with E-state index in [-0.39, 0.29) is 0 Å². The SMILES string of the molecule is c1cc(-c2ccn3c(n2)nc2ccccc23)cc(-c2nc(-c3ccc(-c4cccc5cccnc45)cc3)cc(-c3ccc(-c4cccc5cccnc45)cc3)n2)c1. The lowest BCUT2D eigenvalue weighted by Gasteiger charge is -2.12. The van der Waals surface area contributed by atoms with Gasteiger partial charge in [0.1, 0.15) is 0 Å². The van der Waals surface area contributed by atoms with Crippen LogP contribution < -0.4 is 0 Å². The summed E-state index contributed by atoms with van der Waals surface area (Å²) in [4.78, 5) is 29.5. The first-order valence-electron chi connectivity index (χ1n) is 18.8. The summed E-state index contributed by atoms with van der Waals surface area (Å²) in [6, 6.07) is 58.3. The van der Waals surface area contributed by atoms with Gasteiger partial charge in [-0.3, -0.25) is 14.4 Å². The Morgan fingerprint density at radius 1 is 0.368 bits per heavy atom. The van der Waals surface area contributed by atoms with Crippen molar-refractivity contribution in [2.45, 2.75) is 0 Å². The summed E-state index contributed by atoms with van der Waals surface area (Å²) in [7, 11) is 0. The van der Waals surface area contributed by atoms with Crippen molar-refractivity contribution < 1.29 is 0 Å². The molecule has 266 valence electrons. The molecule has 5 heterocycles. The zero-order valence-corrected chi connectivity index (χ0v) is 30.5. The van der Waals surface area contributed by atoms with Crippen LogP contribution in [0.15, 0.2) is 188 Å². The number of hydrogen-bond donors (Lipinski definition) is 0. The fraction of sp³-hybridized carbons (Fsp3) is 0. The van der Waals surface area contributed by atoms with Gasteiger partial charge in [0, 0.05) is 62.7 Å². The summed E-state index contributed by atoms with van der Waals surface area (Å²) >= 11 is 0. The predicted octanol–water partition coefficient (Wildman–Crippen LogP) is 11.8. The maximum atomic E-state index is 5.20. The average Bonchev–Trinajstić information content (AvgIpc) is 3.67. The van der Waals surface area contributed by atoms with E-state index in [1.165, 1.54) is 0 Å². The van der Waals surface area contributed by atoms with Crippen LogP contribution in [0.1, 0.15) is 0 Å². The van der Waals surface area contributed by atoms with E-state index in [9.17, 15) is 0 Å². The average molecular weight is 730 g/mol. The van der Waals surface area contributed by atoms with E-state index in [2.05, 4.69) is 137 Å². The Bertz CT molecular complexity index is 3150. The van der Waals surface area contributed by atoms with E-state index >= 15 is 0 Å². The number of pyridine rings is 2. The highest BCUT2D eigenvalue weighted by Gasteiger charge is 2.15. The molecule has 5 aromatic heterocycles. The van der Waals surface area contributed by atoms with Gasteiger partial charge in [-0.15, -0.1) is 0 Å². The molecule has 0 bridgehead atoms. The summed E-state index contributed by atoms with van der Waals surface area (Å²) in [6.45, 7) is 0. The summed E-state index contributed by atoms with van der Waals surface area (Å²) in [5.74, 6) is 1.28. The molecule has 11 aromatic rings. The molecule has 0 amide bonds. The number of hydrogen-bond acceptors (Lipinski definition) is 6. The van der Waals surface area contributed by atoms with Crippen LogP contribution >= 0.6 is 0 Å². The monoisotopic (exact) mass is 729 g/mol. The van der Waals surface area contributed by atoms with Gasteiger partial charge in [0.05, 0.1) is 39.1 Å². The van der Waals surface area contributed by atoms with Gasteiger partial charge < -0.3 is 0 Å². The summed E-state index contributed by atoms with van der Waals surface area (Å²) in [6.07, 6.45) is 5.72. The Hall–Kier alpha value is -7.90. The number of rotatable bonds is 6. The Balaban J connectivity index is 1.01. The van der Waals surface area contributed by atoms with E-state index < -0.39 is 0 Å². The van der Waals surface area contributed by atoms with Crippen LogP contribution in [0.5, 0.6) is 0 Å². The third kappa shape index (κ3) is 5.86. The molecule has 7 heteroatoms. The van der Waals surface area contributed by atoms with Crippen LogP contribution in [0.4, 0.5) is 0 Å². The highest BCUT2D eigenvalue weighted by molar-refractivity contribution is 5.95. The summed E-state index contributed by atoms with van der Waals surface area (Å²) < 4.78 is 2.02. The molecule has 0 radical (unpaired) electrons. The summed E-state index contributed by atoms with van der Waals surface area (Å²) in [5, 5.41) is 2.23. The Labute approximate surface area is 327 Å². The van der Waals surface area contributed by atoms with Gasteiger partial charge in [-0.1, -0.05) is 127 Å². The number of benzene rings is 6. The molecule has 0 saturated heterocycles. The van der Waals surface area contributed by atoms with E-state index in [4.69, 9.17) is 19.9 Å². The molecule has 7 nitrogen and oxygen atoms in total. The molecule has 0 atom stereocenters. The molecule has 6 aromatic carbocycles. The Morgan fingerprint density at radius 3 is 1.58 bits per heavy atom. The van der Waals surface area contributed by atoms with E-state index in [0.29, 0.717) is 11.6 Å². The van der Waals surface area contributed by atoms with Crippen molar-refractivity contribution in [3.8, 4) is 67.4 Å². The van der Waals surface area contributed by atoms with Gasteiger partial charge in [0.2, 0.25) is 5.78 Å². The van der Waals surface area contributed by atoms with Crippen molar-refractivity contribution in [3.05, 3.63) is 188 Å². The van der Waals surface area contributed by atoms with Gasteiger partial charge in [-0.05, 0) is 53.6 Å². The van der Waals surface area contributed by atoms with Gasteiger partial charge in [-0.25, -0.2) is 19.9 Å². The molecule has 0 aliphatic rings. The normalized spacial score (nSPS) is 11.5. The van der Waals surface area contributed by atoms with Crippen molar-refractivity contribution in [1.82, 2.24) is 34.3 Å². The largest absolute Gasteiger partial charge is 0.284 e. The molecular formula is C50H31N7. The first kappa shape index (κ1) is 32.5. The Morgan fingerprint density at radius 2 is 0.930 bits per heavy atom. The second-order valence-corrected chi connectivity index (χ2v) is 14.0. The van der Waals surface area contributed by atoms with Gasteiger partial charge in [0.25, 0.3) is 0 Å². The Kier molecular flexibility index (Phi) is 7.67. The molecule has 0 unspecified atom stereocenters. The zero-order valence-electron chi connectivity index (χ0n) is 30.5. The molecule has 0 aliphatic carbocycles. The van der Waals surface area contributed by atoms with E-state index in [1.54, 1.807) is 0 Å². The van der Waals surface area contributed by atoms with Crippen LogP contribution in [-0.4, -0.2) is 34.3 Å². The number of para-hydroxylation sites is 4. The molecular weight excluding hydrogens is 699 g/mol. The first-order chi connectivity index (χ1) is 28.2. The lowest BCUT2D eigenvalue weighted by atomic mass is 9.98. The standard InChI is InChI=1S/C50H31N7/c1-2-17-46-43(16-1)56-50-55-42(26-29-57(46)50)38-10-3-11-39(30-38)49-53-44(34-22-18-32(19-23-34)40-14-4-8-36-12-6-27-51-47(36)40)31-45(54-49)35-24-20-33(21-25-35)41-15-5-9-37-13-7-28-52-48(37)41/h1-31H. The predicted molar refractivity (Wildman–Crippen MR) is 229 cm³/mol. The maximum absolute atomic E-state index is 5.20. The number of imidazole rings is 1. The topological polar surface area (TPSA) is 81.8 Å². The third-order valence-electron chi connectivity index (χ3n) is 10.6. The second kappa shape index (κ2) is 13.4. The third-order valence-corrected chi connectivity index (χ3v) is 10.6. The van der Waals surface area contributed by atoms with Crippen molar-refractivity contribution >= 4 is 38.6 Å². The molecule has 11 rings (SSSR count). The smallest absolute Gasteiger partial charge is 0.235 e. The van der Waals surface area contributed by atoms with Gasteiger partial charge in [0.15, 0.2) is 5.82 Å². The number of fused-ring (bicyclic) bond motifs is 5. The van der Waals surface area contributed by atoms with Crippen molar-refractivity contribution in [3.63, 3.8) is 0 Å². The molecule has 0 aliphatic heterocycles. The molecule has 0 N–H and O–H groups in total. The number of nitrogens with zero attached hydrogens (tertiary/aromatic N) is 7. The van der Waals surface area contributed by atoms with E-state index in [0.717, 1.165) is 94.4 Å². The molecule has 57 heavy (non-hydrogen) atoms. The van der Waals surface area contributed by atoms with E-state index in [1.807, 2.05) is 65.5 Å². The fourth-order valence-corrected chi connectivity index (χ4v) is 7.71. The van der Waals surface area contributed by atoms with Crippen LogP contribution in [0.2, 0.25) is 0 Å². The quantitative estimate of drug-likeness (QED) is 0.169. The zero-order chi connectivity index (χ0) is 37.7. The van der Waals surface area contributed by atoms with Crippen molar-refractivity contribution in [1.29, 1.82) is 0 Å². The van der Waals surface area contributed by atoms with Crippen LogP contribution in [0.25, 0.3) is 106 Å². The fourth-order valence-electron chi connectivity index (χ4n) is 7.71. The minimum absolute atomic E-state index is 0.627. The second-order valence-electron chi connectivity index (χ2n) is 14.0. The van der Waals surface area contributed by atoms with Crippen molar-refractivity contribution in [2.75, 3.05) is 0 Å². The molecule has 0 saturated carbocycles. The first-order valence-corrected chi connectivity index (χ1v) is 18.8. The maximum Gasteiger partial charge on any atom is 0.235 e. The van der Waals surface area contributed by atoms with Gasteiger partial charge in [-0.2, -0.15) is 0 Å². The van der Waals surface area contributed by atoms with Gasteiger partial charge >= 0.3 is 0 Å². The highest BCUT2D eigenvalue weighted by atomic mass is 15.1. The highest BCUT2D eigenvalue weighted by Crippen LogP contribution is 2.34. The lowest BCUT2D eigenvalue weighted by molar-refractivity contribution is 1.14. The minimum Gasteiger partial charge on any atom is -0.284 e. The summed E-state index contributed by atoms with van der Waals surface area (Å²) in [5.41, 5.74) is 14.6.